The zero-order valence-electron chi connectivity index (χ0n) is 12.5. The van der Waals surface area contributed by atoms with Gasteiger partial charge in [0.05, 0.1) is 17.7 Å². The number of methoxy groups -OCH3 is 1. The Morgan fingerprint density at radius 2 is 2.17 bits per heavy atom. The average Bonchev–Trinajstić information content (AvgIpc) is 2.52. The number of carbonyl (C=O) groups is 3. The molecule has 9 heteroatoms. The lowest BCUT2D eigenvalue weighted by Crippen LogP contribution is -2.56. The van der Waals surface area contributed by atoms with Crippen LogP contribution in [0.3, 0.4) is 0 Å². The lowest BCUT2D eigenvalue weighted by molar-refractivity contribution is -0.126. The molecule has 0 bridgehead atoms. The zero-order valence-corrected chi connectivity index (χ0v) is 13.2. The van der Waals surface area contributed by atoms with Crippen molar-refractivity contribution in [3.63, 3.8) is 0 Å². The highest BCUT2D eigenvalue weighted by molar-refractivity contribution is 6.31. The van der Waals surface area contributed by atoms with E-state index < -0.39 is 23.9 Å². The molecule has 7 nitrogen and oxygen atoms in total. The van der Waals surface area contributed by atoms with Gasteiger partial charge in [0.2, 0.25) is 5.91 Å². The van der Waals surface area contributed by atoms with Gasteiger partial charge in [0, 0.05) is 18.8 Å². The predicted molar refractivity (Wildman–Crippen MR) is 80.9 cm³/mol. The highest BCUT2D eigenvalue weighted by Gasteiger charge is 2.29. The second-order valence-electron chi connectivity index (χ2n) is 4.90. The number of amides is 3. The molecule has 0 saturated carbocycles. The summed E-state index contributed by atoms with van der Waals surface area (Å²) in [4.78, 5) is 36.7. The van der Waals surface area contributed by atoms with Crippen molar-refractivity contribution < 1.29 is 23.5 Å². The van der Waals surface area contributed by atoms with Gasteiger partial charge in [-0.15, -0.1) is 0 Å². The molecular formula is C14H15ClFN3O4. The number of rotatable bonds is 2. The number of halogens is 2. The maximum absolute atomic E-state index is 13.8. The number of nitrogens with one attached hydrogen (secondary N) is 2. The molecule has 1 fully saturated rings. The van der Waals surface area contributed by atoms with E-state index in [-0.39, 0.29) is 22.2 Å². The first-order valence-electron chi connectivity index (χ1n) is 6.78. The minimum absolute atomic E-state index is 0.125. The first-order chi connectivity index (χ1) is 10.8. The largest absolute Gasteiger partial charge is 0.465 e. The molecule has 1 aromatic rings. The number of hydrogen-bond donors (Lipinski definition) is 2. The van der Waals surface area contributed by atoms with Crippen LogP contribution in [0.1, 0.15) is 17.3 Å². The number of ether oxygens (including phenoxy) is 1. The van der Waals surface area contributed by atoms with Crippen molar-refractivity contribution in [2.75, 3.05) is 25.5 Å². The maximum Gasteiger partial charge on any atom is 0.340 e. The van der Waals surface area contributed by atoms with Gasteiger partial charge in [-0.2, -0.15) is 0 Å². The summed E-state index contributed by atoms with van der Waals surface area (Å²) >= 11 is 5.73. The fraction of sp³-hybridized carbons (Fsp3) is 0.357. The van der Waals surface area contributed by atoms with E-state index in [0.717, 1.165) is 13.2 Å². The number of nitrogens with zero attached hydrogens (tertiary/aromatic N) is 1. The highest BCUT2D eigenvalue weighted by atomic mass is 35.5. The van der Waals surface area contributed by atoms with Crippen molar-refractivity contribution in [3.05, 3.63) is 28.5 Å². The SMILES string of the molecule is COC(=O)c1cc(NC(=O)N2CCNC(=O)C2C)cc(Cl)c1F. The molecule has 1 saturated heterocycles. The summed E-state index contributed by atoms with van der Waals surface area (Å²) in [5.41, 5.74) is -0.264. The molecule has 0 aliphatic carbocycles. The zero-order chi connectivity index (χ0) is 17.1. The molecule has 2 rings (SSSR count). The third kappa shape index (κ3) is 3.53. The van der Waals surface area contributed by atoms with Gasteiger partial charge in [-0.3, -0.25) is 4.79 Å². The van der Waals surface area contributed by atoms with Crippen LogP contribution in [-0.4, -0.2) is 49.0 Å². The van der Waals surface area contributed by atoms with E-state index in [2.05, 4.69) is 15.4 Å². The van der Waals surface area contributed by atoms with Gasteiger partial charge in [-0.05, 0) is 19.1 Å². The standard InChI is InChI=1S/C14H15ClFN3O4/c1-7-12(20)17-3-4-19(7)14(22)18-8-5-9(13(21)23-2)11(16)10(15)6-8/h5-7H,3-4H2,1-2H3,(H,17,20)(H,18,22). The number of benzene rings is 1. The van der Waals surface area contributed by atoms with Crippen LogP contribution in [0.2, 0.25) is 5.02 Å². The van der Waals surface area contributed by atoms with Crippen LogP contribution in [0.4, 0.5) is 14.9 Å². The molecule has 0 radical (unpaired) electrons. The molecule has 1 unspecified atom stereocenters. The molecule has 3 amide bonds. The Bertz CT molecular complexity index is 668. The summed E-state index contributed by atoms with van der Waals surface area (Å²) in [6.07, 6.45) is 0. The Labute approximate surface area is 136 Å². The minimum Gasteiger partial charge on any atom is -0.465 e. The highest BCUT2D eigenvalue weighted by Crippen LogP contribution is 2.25. The second-order valence-corrected chi connectivity index (χ2v) is 5.31. The van der Waals surface area contributed by atoms with Crippen LogP contribution in [0.5, 0.6) is 0 Å². The van der Waals surface area contributed by atoms with Crippen molar-refractivity contribution in [3.8, 4) is 0 Å². The summed E-state index contributed by atoms with van der Waals surface area (Å²) < 4.78 is 18.3. The molecule has 1 heterocycles. The van der Waals surface area contributed by atoms with Crippen molar-refractivity contribution in [2.24, 2.45) is 0 Å². The Morgan fingerprint density at radius 3 is 2.83 bits per heavy atom. The predicted octanol–water partition coefficient (Wildman–Crippen LogP) is 1.62. The monoisotopic (exact) mass is 343 g/mol. The quantitative estimate of drug-likeness (QED) is 0.799. The lowest BCUT2D eigenvalue weighted by Gasteiger charge is -2.32. The van der Waals surface area contributed by atoms with E-state index in [1.165, 1.54) is 11.0 Å². The fourth-order valence-corrected chi connectivity index (χ4v) is 2.39. The molecule has 1 aliphatic rings. The molecule has 0 aromatic heterocycles. The summed E-state index contributed by atoms with van der Waals surface area (Å²) in [5.74, 6) is -2.10. The topological polar surface area (TPSA) is 87.7 Å². The Balaban J connectivity index is 2.22. The maximum atomic E-state index is 13.8. The molecule has 1 aromatic carbocycles. The summed E-state index contributed by atoms with van der Waals surface area (Å²) in [6.45, 7) is 2.26. The van der Waals surface area contributed by atoms with Gasteiger partial charge in [0.1, 0.15) is 6.04 Å². The number of hydrogen-bond acceptors (Lipinski definition) is 4. The van der Waals surface area contributed by atoms with E-state index in [1.54, 1.807) is 6.92 Å². The second kappa shape index (κ2) is 6.82. The van der Waals surface area contributed by atoms with Gasteiger partial charge in [-0.1, -0.05) is 11.6 Å². The minimum atomic E-state index is -0.928. The average molecular weight is 344 g/mol. The number of esters is 1. The first kappa shape index (κ1) is 17.0. The van der Waals surface area contributed by atoms with Gasteiger partial charge < -0.3 is 20.3 Å². The molecule has 1 aliphatic heterocycles. The molecule has 124 valence electrons. The van der Waals surface area contributed by atoms with Crippen LogP contribution in [0.15, 0.2) is 12.1 Å². The van der Waals surface area contributed by atoms with Gasteiger partial charge in [-0.25, -0.2) is 14.0 Å². The van der Waals surface area contributed by atoms with Crippen LogP contribution in [-0.2, 0) is 9.53 Å². The summed E-state index contributed by atoms with van der Waals surface area (Å²) in [5, 5.41) is 4.81. The van der Waals surface area contributed by atoms with Crippen LogP contribution in [0, 0.1) is 5.82 Å². The third-order valence-corrected chi connectivity index (χ3v) is 3.72. The van der Waals surface area contributed by atoms with Gasteiger partial charge in [0.25, 0.3) is 0 Å². The third-order valence-electron chi connectivity index (χ3n) is 3.44. The fourth-order valence-electron chi connectivity index (χ4n) is 2.17. The van der Waals surface area contributed by atoms with Crippen molar-refractivity contribution >= 4 is 35.2 Å². The molecule has 0 spiro atoms. The normalized spacial score (nSPS) is 17.5. The molecule has 2 N–H and O–H groups in total. The molecule has 23 heavy (non-hydrogen) atoms. The van der Waals surface area contributed by atoms with Crippen LogP contribution < -0.4 is 10.6 Å². The first-order valence-corrected chi connectivity index (χ1v) is 7.15. The van der Waals surface area contributed by atoms with Crippen molar-refractivity contribution in [2.45, 2.75) is 13.0 Å². The van der Waals surface area contributed by atoms with Crippen molar-refractivity contribution in [1.82, 2.24) is 10.2 Å². The van der Waals surface area contributed by atoms with Crippen LogP contribution >= 0.6 is 11.6 Å². The summed E-state index contributed by atoms with van der Waals surface area (Å²) in [6, 6.07) is 1.11. The van der Waals surface area contributed by atoms with E-state index in [4.69, 9.17) is 11.6 Å². The van der Waals surface area contributed by atoms with E-state index in [0.29, 0.717) is 13.1 Å². The van der Waals surface area contributed by atoms with Gasteiger partial charge >= 0.3 is 12.0 Å². The number of anilines is 1. The van der Waals surface area contributed by atoms with Crippen LogP contribution in [0.25, 0.3) is 0 Å². The van der Waals surface area contributed by atoms with E-state index >= 15 is 0 Å². The van der Waals surface area contributed by atoms with Crippen molar-refractivity contribution in [1.29, 1.82) is 0 Å². The lowest BCUT2D eigenvalue weighted by atomic mass is 10.2. The molecular weight excluding hydrogens is 329 g/mol. The smallest absolute Gasteiger partial charge is 0.340 e. The van der Waals surface area contributed by atoms with E-state index in [9.17, 15) is 18.8 Å². The Morgan fingerprint density at radius 1 is 1.48 bits per heavy atom. The Hall–Kier alpha value is -2.35. The number of carbonyl (C=O) groups excluding carboxylic acids is 3. The Kier molecular flexibility index (Phi) is 5.05. The number of urea groups is 1. The van der Waals surface area contributed by atoms with Gasteiger partial charge in [0.15, 0.2) is 5.82 Å². The van der Waals surface area contributed by atoms with E-state index in [1.807, 2.05) is 0 Å². The molecule has 1 atom stereocenters. The number of piperazine rings is 1. The summed E-state index contributed by atoms with van der Waals surface area (Å²) in [7, 11) is 1.11.